The lowest BCUT2D eigenvalue weighted by Crippen LogP contribution is -2.16. The van der Waals surface area contributed by atoms with Crippen molar-refractivity contribution in [1.82, 2.24) is 15.0 Å². The van der Waals surface area contributed by atoms with E-state index in [2.05, 4.69) is 25.6 Å². The van der Waals surface area contributed by atoms with Crippen LogP contribution in [-0.4, -0.2) is 20.9 Å². The van der Waals surface area contributed by atoms with Crippen molar-refractivity contribution in [1.29, 1.82) is 0 Å². The number of carbonyl (C=O) groups excluding carboxylic acids is 1. The second-order valence-corrected chi connectivity index (χ2v) is 6.04. The zero-order chi connectivity index (χ0) is 18.6. The Balaban J connectivity index is 1.62. The molecule has 1 amide bonds. The van der Waals surface area contributed by atoms with E-state index in [0.717, 1.165) is 16.6 Å². The van der Waals surface area contributed by atoms with Crippen molar-refractivity contribution in [2.75, 3.05) is 10.6 Å². The molecular formula is C21H17N5O. The molecule has 0 bridgehead atoms. The highest BCUT2D eigenvalue weighted by atomic mass is 16.1. The van der Waals surface area contributed by atoms with Gasteiger partial charge in [-0.25, -0.2) is 9.97 Å². The van der Waals surface area contributed by atoms with E-state index >= 15 is 0 Å². The summed E-state index contributed by atoms with van der Waals surface area (Å²) in [5.74, 6) is 0.0668. The number of anilines is 3. The molecule has 4 rings (SSSR count). The van der Waals surface area contributed by atoms with Gasteiger partial charge in [-0.05, 0) is 37.3 Å². The number of para-hydroxylation sites is 2. The molecule has 2 N–H and O–H groups in total. The van der Waals surface area contributed by atoms with Crippen LogP contribution in [0.2, 0.25) is 0 Å². The van der Waals surface area contributed by atoms with E-state index < -0.39 is 0 Å². The Morgan fingerprint density at radius 2 is 1.74 bits per heavy atom. The minimum absolute atomic E-state index is 0.286. The minimum Gasteiger partial charge on any atom is -0.324 e. The maximum atomic E-state index is 12.8. The van der Waals surface area contributed by atoms with Gasteiger partial charge in [0.25, 0.3) is 5.91 Å². The first-order valence-corrected chi connectivity index (χ1v) is 8.52. The minimum atomic E-state index is -0.310. The molecule has 132 valence electrons. The topological polar surface area (TPSA) is 79.8 Å². The van der Waals surface area contributed by atoms with E-state index in [-0.39, 0.29) is 11.6 Å². The van der Waals surface area contributed by atoms with Gasteiger partial charge >= 0.3 is 0 Å². The van der Waals surface area contributed by atoms with Gasteiger partial charge in [0, 0.05) is 23.0 Å². The molecule has 6 heteroatoms. The fourth-order valence-electron chi connectivity index (χ4n) is 2.78. The molecule has 0 atom stereocenters. The number of amides is 1. The Morgan fingerprint density at radius 3 is 2.59 bits per heavy atom. The number of rotatable bonds is 4. The molecule has 27 heavy (non-hydrogen) atoms. The molecule has 0 aliphatic heterocycles. The molecule has 6 nitrogen and oxygen atoms in total. The van der Waals surface area contributed by atoms with Gasteiger partial charge in [-0.15, -0.1) is 0 Å². The highest BCUT2D eigenvalue weighted by Gasteiger charge is 2.13. The van der Waals surface area contributed by atoms with Crippen LogP contribution in [0, 0.1) is 6.92 Å². The molecule has 2 heterocycles. The smallest absolute Gasteiger partial charge is 0.274 e. The number of hydrogen-bond donors (Lipinski definition) is 2. The Labute approximate surface area is 156 Å². The van der Waals surface area contributed by atoms with Crippen LogP contribution in [0.3, 0.4) is 0 Å². The van der Waals surface area contributed by atoms with Crippen molar-refractivity contribution in [3.8, 4) is 0 Å². The summed E-state index contributed by atoms with van der Waals surface area (Å²) in [6.07, 6.45) is 1.70. The van der Waals surface area contributed by atoms with Crippen molar-refractivity contribution in [2.45, 2.75) is 6.92 Å². The van der Waals surface area contributed by atoms with Crippen LogP contribution in [0.1, 0.15) is 16.2 Å². The van der Waals surface area contributed by atoms with Crippen LogP contribution in [0.5, 0.6) is 0 Å². The first kappa shape index (κ1) is 16.7. The number of pyridine rings is 1. The van der Waals surface area contributed by atoms with Crippen molar-refractivity contribution in [2.24, 2.45) is 0 Å². The second kappa shape index (κ2) is 7.21. The van der Waals surface area contributed by atoms with E-state index in [4.69, 9.17) is 0 Å². The number of aromatic nitrogens is 3. The average molecular weight is 355 g/mol. The van der Waals surface area contributed by atoms with Gasteiger partial charge in [0.15, 0.2) is 0 Å². The van der Waals surface area contributed by atoms with Crippen molar-refractivity contribution in [3.63, 3.8) is 0 Å². The lowest BCUT2D eigenvalue weighted by molar-refractivity contribution is 0.102. The number of fused-ring (bicyclic) bond motifs is 1. The summed E-state index contributed by atoms with van der Waals surface area (Å²) < 4.78 is 0. The van der Waals surface area contributed by atoms with Gasteiger partial charge in [-0.3, -0.25) is 9.78 Å². The number of hydrogen-bond acceptors (Lipinski definition) is 5. The summed E-state index contributed by atoms with van der Waals surface area (Å²) in [4.78, 5) is 25.8. The number of benzene rings is 2. The maximum absolute atomic E-state index is 12.8. The van der Waals surface area contributed by atoms with Crippen LogP contribution < -0.4 is 10.6 Å². The van der Waals surface area contributed by atoms with Crippen LogP contribution >= 0.6 is 0 Å². The third kappa shape index (κ3) is 3.74. The lowest BCUT2D eigenvalue weighted by atomic mass is 10.2. The van der Waals surface area contributed by atoms with Crippen LogP contribution in [0.25, 0.3) is 10.9 Å². The Bertz CT molecular complexity index is 1110. The molecule has 0 unspecified atom stereocenters. The number of carbonyl (C=O) groups is 1. The molecule has 2 aromatic carbocycles. The lowest BCUT2D eigenvalue weighted by Gasteiger charge is -2.10. The van der Waals surface area contributed by atoms with E-state index in [1.807, 2.05) is 67.6 Å². The van der Waals surface area contributed by atoms with Crippen LogP contribution in [0.4, 0.5) is 17.3 Å². The van der Waals surface area contributed by atoms with Gasteiger partial charge in [-0.1, -0.05) is 36.4 Å². The fraction of sp³-hybridized carbons (Fsp3) is 0.0476. The molecule has 0 radical (unpaired) electrons. The number of aryl methyl sites for hydroxylation is 1. The predicted molar refractivity (Wildman–Crippen MR) is 106 cm³/mol. The first-order chi connectivity index (χ1) is 13.2. The van der Waals surface area contributed by atoms with Gasteiger partial charge in [0.1, 0.15) is 5.69 Å². The van der Waals surface area contributed by atoms with Crippen molar-refractivity contribution < 1.29 is 4.79 Å². The third-order valence-corrected chi connectivity index (χ3v) is 4.00. The summed E-state index contributed by atoms with van der Waals surface area (Å²) in [7, 11) is 0. The normalized spacial score (nSPS) is 10.6. The first-order valence-electron chi connectivity index (χ1n) is 8.52. The van der Waals surface area contributed by atoms with Crippen LogP contribution in [-0.2, 0) is 0 Å². The zero-order valence-electron chi connectivity index (χ0n) is 14.7. The fourth-order valence-corrected chi connectivity index (χ4v) is 2.78. The molecule has 0 saturated heterocycles. The Hall–Kier alpha value is -3.80. The molecule has 0 aliphatic carbocycles. The van der Waals surface area contributed by atoms with E-state index in [1.165, 1.54) is 0 Å². The van der Waals surface area contributed by atoms with Crippen LogP contribution in [0.15, 0.2) is 72.9 Å². The highest BCUT2D eigenvalue weighted by molar-refractivity contribution is 6.07. The van der Waals surface area contributed by atoms with Gasteiger partial charge in [-0.2, -0.15) is 0 Å². The Kier molecular flexibility index (Phi) is 4.45. The summed E-state index contributed by atoms with van der Waals surface area (Å²) in [6, 6.07) is 20.7. The van der Waals surface area contributed by atoms with Gasteiger partial charge < -0.3 is 10.6 Å². The van der Waals surface area contributed by atoms with E-state index in [9.17, 15) is 4.79 Å². The van der Waals surface area contributed by atoms with Gasteiger partial charge in [0.05, 0.1) is 11.2 Å². The quantitative estimate of drug-likeness (QED) is 0.569. The molecule has 0 spiro atoms. The molecule has 0 aliphatic rings. The predicted octanol–water partition coefficient (Wildman–Crippen LogP) is 4.33. The van der Waals surface area contributed by atoms with E-state index in [1.54, 1.807) is 12.3 Å². The third-order valence-electron chi connectivity index (χ3n) is 4.00. The Morgan fingerprint density at radius 1 is 0.926 bits per heavy atom. The number of nitrogens with one attached hydrogen (secondary N) is 2. The molecule has 0 saturated carbocycles. The second-order valence-electron chi connectivity index (χ2n) is 6.04. The summed E-state index contributed by atoms with van der Waals surface area (Å²) in [5, 5.41) is 6.98. The van der Waals surface area contributed by atoms with Gasteiger partial charge in [0.2, 0.25) is 5.95 Å². The standard InChI is InChI=1S/C21H17N5O/c1-14-13-18(26-21(23-14)24-16-9-3-2-4-10-16)20(27)25-17-11-5-7-15-8-6-12-22-19(15)17/h2-13H,1H3,(H,25,27)(H,23,24,26). The monoisotopic (exact) mass is 355 g/mol. The van der Waals surface area contributed by atoms with E-state index in [0.29, 0.717) is 17.3 Å². The summed E-state index contributed by atoms with van der Waals surface area (Å²) in [5.41, 5.74) is 3.22. The zero-order valence-corrected chi connectivity index (χ0v) is 14.7. The SMILES string of the molecule is Cc1cc(C(=O)Nc2cccc3cccnc23)nc(Nc2ccccc2)n1. The molecule has 0 fully saturated rings. The molecule has 4 aromatic rings. The molecular weight excluding hydrogens is 338 g/mol. The maximum Gasteiger partial charge on any atom is 0.274 e. The van der Waals surface area contributed by atoms with Crippen molar-refractivity contribution in [3.05, 3.63) is 84.3 Å². The summed E-state index contributed by atoms with van der Waals surface area (Å²) >= 11 is 0. The molecule has 2 aromatic heterocycles. The highest BCUT2D eigenvalue weighted by Crippen LogP contribution is 2.21. The average Bonchev–Trinajstić information content (AvgIpc) is 2.68. The number of nitrogens with zero attached hydrogens (tertiary/aromatic N) is 3. The van der Waals surface area contributed by atoms with Crippen molar-refractivity contribution >= 4 is 34.1 Å². The largest absolute Gasteiger partial charge is 0.324 e. The summed E-state index contributed by atoms with van der Waals surface area (Å²) in [6.45, 7) is 1.83.